The normalized spacial score (nSPS) is 10.5. The Labute approximate surface area is 91.4 Å². The summed E-state index contributed by atoms with van der Waals surface area (Å²) in [6.07, 6.45) is 1.56. The Kier molecular flexibility index (Phi) is 2.51. The highest BCUT2D eigenvalue weighted by Crippen LogP contribution is 2.17. The fourth-order valence-electron chi connectivity index (χ4n) is 1.35. The highest BCUT2D eigenvalue weighted by Gasteiger charge is 2.07. The highest BCUT2D eigenvalue weighted by molar-refractivity contribution is 7.71. The molecule has 0 unspecified atom stereocenters. The van der Waals surface area contributed by atoms with E-state index in [9.17, 15) is 0 Å². The molecule has 6 heteroatoms. The van der Waals surface area contributed by atoms with Crippen LogP contribution in [0.4, 0.5) is 0 Å². The van der Waals surface area contributed by atoms with Gasteiger partial charge in [0.15, 0.2) is 10.6 Å². The minimum atomic E-state index is -0.00377. The highest BCUT2D eigenvalue weighted by atomic mass is 32.1. The Bertz CT molecular complexity index is 514. The molecular formula is C9H10N4OS. The van der Waals surface area contributed by atoms with Gasteiger partial charge in [-0.3, -0.25) is 5.10 Å². The van der Waals surface area contributed by atoms with Crippen LogP contribution in [0, 0.1) is 4.77 Å². The van der Waals surface area contributed by atoms with Gasteiger partial charge in [-0.25, -0.2) is 4.98 Å². The molecule has 5 nitrogen and oxygen atoms in total. The van der Waals surface area contributed by atoms with Crippen LogP contribution < -0.4 is 0 Å². The van der Waals surface area contributed by atoms with Crippen molar-refractivity contribution >= 4 is 12.2 Å². The molecule has 0 fully saturated rings. The van der Waals surface area contributed by atoms with E-state index in [2.05, 4.69) is 15.2 Å². The Balaban J connectivity index is 2.54. The lowest BCUT2D eigenvalue weighted by molar-refractivity contribution is 0.453. The smallest absolute Gasteiger partial charge is 0.210 e. The average Bonchev–Trinajstić information content (AvgIpc) is 2.61. The second-order valence-electron chi connectivity index (χ2n) is 3.00. The molecule has 0 aliphatic rings. The summed E-state index contributed by atoms with van der Waals surface area (Å²) in [6.45, 7) is 2.73. The first kappa shape index (κ1) is 9.85. The standard InChI is InChI=1S/C9H10N4OS/c1-2-13-8(11-12-9(13)15)6-3-4-7(14)10-5-6/h3-5H,2H2,1H3,(H,10,14)(H,12,15). The third-order valence-electron chi connectivity index (χ3n) is 2.08. The number of hydrogen-bond donors (Lipinski definition) is 2. The van der Waals surface area contributed by atoms with Crippen molar-refractivity contribution in [3.8, 4) is 17.3 Å². The zero-order chi connectivity index (χ0) is 10.8. The van der Waals surface area contributed by atoms with Crippen molar-refractivity contribution < 1.29 is 5.11 Å². The fourth-order valence-corrected chi connectivity index (χ4v) is 1.61. The van der Waals surface area contributed by atoms with Gasteiger partial charge in [0, 0.05) is 24.4 Å². The van der Waals surface area contributed by atoms with Gasteiger partial charge in [0.1, 0.15) is 0 Å². The summed E-state index contributed by atoms with van der Waals surface area (Å²) in [5, 5.41) is 15.9. The summed E-state index contributed by atoms with van der Waals surface area (Å²) in [5.41, 5.74) is 0.821. The van der Waals surface area contributed by atoms with Gasteiger partial charge < -0.3 is 9.67 Å². The zero-order valence-corrected chi connectivity index (χ0v) is 8.95. The van der Waals surface area contributed by atoms with E-state index in [1.807, 2.05) is 11.5 Å². The van der Waals surface area contributed by atoms with Crippen LogP contribution >= 0.6 is 12.2 Å². The third kappa shape index (κ3) is 1.75. The monoisotopic (exact) mass is 222 g/mol. The Morgan fingerprint density at radius 3 is 2.93 bits per heavy atom. The number of pyridine rings is 1. The Morgan fingerprint density at radius 1 is 1.53 bits per heavy atom. The second kappa shape index (κ2) is 3.82. The fraction of sp³-hybridized carbons (Fsp3) is 0.222. The van der Waals surface area contributed by atoms with Crippen LogP contribution in [0.15, 0.2) is 18.3 Å². The van der Waals surface area contributed by atoms with Crippen molar-refractivity contribution in [3.63, 3.8) is 0 Å². The van der Waals surface area contributed by atoms with Crippen molar-refractivity contribution in [2.24, 2.45) is 0 Å². The number of H-pyrrole nitrogens is 1. The van der Waals surface area contributed by atoms with Gasteiger partial charge in [0.2, 0.25) is 5.88 Å². The summed E-state index contributed by atoms with van der Waals surface area (Å²) in [5.74, 6) is 0.728. The van der Waals surface area contributed by atoms with Crippen molar-refractivity contribution in [1.82, 2.24) is 19.7 Å². The molecule has 0 aromatic carbocycles. The van der Waals surface area contributed by atoms with Crippen LogP contribution in [0.5, 0.6) is 5.88 Å². The van der Waals surface area contributed by atoms with Gasteiger partial charge in [-0.05, 0) is 25.2 Å². The zero-order valence-electron chi connectivity index (χ0n) is 8.14. The van der Waals surface area contributed by atoms with Crippen LogP contribution in [-0.4, -0.2) is 24.9 Å². The van der Waals surface area contributed by atoms with Gasteiger partial charge in [0.25, 0.3) is 0 Å². The number of aromatic hydroxyl groups is 1. The van der Waals surface area contributed by atoms with Gasteiger partial charge in [-0.1, -0.05) is 0 Å². The van der Waals surface area contributed by atoms with E-state index in [0.29, 0.717) is 4.77 Å². The van der Waals surface area contributed by atoms with E-state index in [1.54, 1.807) is 12.3 Å². The molecule has 78 valence electrons. The lowest BCUT2D eigenvalue weighted by Crippen LogP contribution is -1.97. The molecule has 0 amide bonds. The lowest BCUT2D eigenvalue weighted by Gasteiger charge is -2.02. The maximum Gasteiger partial charge on any atom is 0.210 e. The molecule has 0 saturated heterocycles. The molecule has 15 heavy (non-hydrogen) atoms. The van der Waals surface area contributed by atoms with Crippen molar-refractivity contribution in [2.45, 2.75) is 13.5 Å². The van der Waals surface area contributed by atoms with E-state index in [0.717, 1.165) is 17.9 Å². The molecule has 2 rings (SSSR count). The Morgan fingerprint density at radius 2 is 2.33 bits per heavy atom. The lowest BCUT2D eigenvalue weighted by atomic mass is 10.2. The molecule has 2 aromatic rings. The van der Waals surface area contributed by atoms with Crippen molar-refractivity contribution in [1.29, 1.82) is 0 Å². The van der Waals surface area contributed by atoms with E-state index in [4.69, 9.17) is 17.3 Å². The second-order valence-corrected chi connectivity index (χ2v) is 3.39. The summed E-state index contributed by atoms with van der Waals surface area (Å²) in [4.78, 5) is 3.79. The third-order valence-corrected chi connectivity index (χ3v) is 2.39. The summed E-state index contributed by atoms with van der Waals surface area (Å²) >= 11 is 5.07. The maximum absolute atomic E-state index is 9.07. The minimum absolute atomic E-state index is 0.00377. The van der Waals surface area contributed by atoms with Crippen LogP contribution in [0.2, 0.25) is 0 Å². The molecule has 2 heterocycles. The predicted octanol–water partition coefficient (Wildman–Crippen LogP) is 1.73. The predicted molar refractivity (Wildman–Crippen MR) is 58.0 cm³/mol. The topological polar surface area (TPSA) is 66.7 Å². The average molecular weight is 222 g/mol. The van der Waals surface area contributed by atoms with Crippen LogP contribution in [0.25, 0.3) is 11.4 Å². The first-order valence-electron chi connectivity index (χ1n) is 4.53. The maximum atomic E-state index is 9.07. The number of rotatable bonds is 2. The SMILES string of the molecule is CCn1c(-c2ccc(O)nc2)n[nH]c1=S. The number of aromatic amines is 1. The number of hydrogen-bond acceptors (Lipinski definition) is 4. The van der Waals surface area contributed by atoms with Crippen LogP contribution in [-0.2, 0) is 6.54 Å². The van der Waals surface area contributed by atoms with E-state index < -0.39 is 0 Å². The molecule has 0 atom stereocenters. The van der Waals surface area contributed by atoms with Gasteiger partial charge in [-0.2, -0.15) is 5.10 Å². The van der Waals surface area contributed by atoms with Crippen LogP contribution in [0.3, 0.4) is 0 Å². The molecule has 0 radical (unpaired) electrons. The summed E-state index contributed by atoms with van der Waals surface area (Å²) < 4.78 is 2.45. The van der Waals surface area contributed by atoms with Gasteiger partial charge >= 0.3 is 0 Å². The number of nitrogens with zero attached hydrogens (tertiary/aromatic N) is 3. The van der Waals surface area contributed by atoms with E-state index >= 15 is 0 Å². The van der Waals surface area contributed by atoms with Crippen molar-refractivity contribution in [2.75, 3.05) is 0 Å². The van der Waals surface area contributed by atoms with E-state index in [1.165, 1.54) is 6.07 Å². The molecule has 0 aliphatic carbocycles. The van der Waals surface area contributed by atoms with Crippen molar-refractivity contribution in [3.05, 3.63) is 23.1 Å². The quantitative estimate of drug-likeness (QED) is 0.759. The van der Waals surface area contributed by atoms with Gasteiger partial charge in [-0.15, -0.1) is 0 Å². The van der Waals surface area contributed by atoms with E-state index in [-0.39, 0.29) is 5.88 Å². The Hall–Kier alpha value is -1.69. The molecule has 0 bridgehead atoms. The van der Waals surface area contributed by atoms with Gasteiger partial charge in [0.05, 0.1) is 0 Å². The largest absolute Gasteiger partial charge is 0.493 e. The van der Waals surface area contributed by atoms with Crippen LogP contribution in [0.1, 0.15) is 6.92 Å². The molecule has 2 aromatic heterocycles. The minimum Gasteiger partial charge on any atom is -0.493 e. The molecule has 0 aliphatic heterocycles. The molecule has 0 saturated carbocycles. The number of aromatic nitrogens is 4. The molecule has 2 N–H and O–H groups in total. The molecular weight excluding hydrogens is 212 g/mol. The summed E-state index contributed by atoms with van der Waals surface area (Å²) in [7, 11) is 0. The first-order chi connectivity index (χ1) is 7.22. The number of nitrogens with one attached hydrogen (secondary N) is 1. The summed E-state index contributed by atoms with van der Waals surface area (Å²) in [6, 6.07) is 3.27. The molecule has 0 spiro atoms. The first-order valence-corrected chi connectivity index (χ1v) is 4.93.